The summed E-state index contributed by atoms with van der Waals surface area (Å²) in [7, 11) is 0. The third-order valence-electron chi connectivity index (χ3n) is 5.10. The fourth-order valence-electron chi connectivity index (χ4n) is 3.74. The summed E-state index contributed by atoms with van der Waals surface area (Å²) < 4.78 is 0. The van der Waals surface area contributed by atoms with Crippen molar-refractivity contribution < 1.29 is 0 Å². The third kappa shape index (κ3) is 3.33. The van der Waals surface area contributed by atoms with E-state index in [1.807, 2.05) is 30.7 Å². The average molecular weight is 324 g/mol. The number of anilines is 2. The zero-order chi connectivity index (χ0) is 16.2. The molecule has 0 atom stereocenters. The van der Waals surface area contributed by atoms with Crippen LogP contribution in [0.1, 0.15) is 12.8 Å². The lowest BCUT2D eigenvalue weighted by Crippen LogP contribution is -2.53. The first-order chi connectivity index (χ1) is 11.9. The molecule has 0 bridgehead atoms. The number of rotatable bonds is 3. The summed E-state index contributed by atoms with van der Waals surface area (Å²) >= 11 is 0. The van der Waals surface area contributed by atoms with Crippen molar-refractivity contribution in [1.29, 1.82) is 0 Å². The maximum atomic E-state index is 4.47. The van der Waals surface area contributed by atoms with Crippen molar-refractivity contribution in [3.05, 3.63) is 42.9 Å². The summed E-state index contributed by atoms with van der Waals surface area (Å²) in [5.74, 6) is 1.98. The SMILES string of the molecule is c1ccc(N2CCN(C3CCN(c4ncccn4)CC3)CC2)nc1. The summed E-state index contributed by atoms with van der Waals surface area (Å²) in [6.07, 6.45) is 7.92. The number of pyridine rings is 1. The van der Waals surface area contributed by atoms with Crippen LogP contribution in [0.15, 0.2) is 42.9 Å². The number of aromatic nitrogens is 3. The fraction of sp³-hybridized carbons (Fsp3) is 0.500. The van der Waals surface area contributed by atoms with Gasteiger partial charge in [-0.15, -0.1) is 0 Å². The van der Waals surface area contributed by atoms with Gasteiger partial charge < -0.3 is 9.80 Å². The normalized spacial score (nSPS) is 20.3. The molecule has 0 aromatic carbocycles. The molecule has 2 aliphatic rings. The topological polar surface area (TPSA) is 48.4 Å². The van der Waals surface area contributed by atoms with Crippen molar-refractivity contribution in [2.75, 3.05) is 49.1 Å². The van der Waals surface area contributed by atoms with Crippen LogP contribution in [0.5, 0.6) is 0 Å². The highest BCUT2D eigenvalue weighted by Crippen LogP contribution is 2.22. The lowest BCUT2D eigenvalue weighted by molar-refractivity contribution is 0.159. The molecule has 0 N–H and O–H groups in total. The van der Waals surface area contributed by atoms with E-state index in [1.54, 1.807) is 0 Å². The summed E-state index contributed by atoms with van der Waals surface area (Å²) in [4.78, 5) is 20.6. The minimum Gasteiger partial charge on any atom is -0.354 e. The maximum Gasteiger partial charge on any atom is 0.225 e. The predicted molar refractivity (Wildman–Crippen MR) is 95.3 cm³/mol. The number of hydrogen-bond donors (Lipinski definition) is 0. The monoisotopic (exact) mass is 324 g/mol. The molecule has 0 unspecified atom stereocenters. The van der Waals surface area contributed by atoms with Gasteiger partial charge in [0.05, 0.1) is 0 Å². The Hall–Kier alpha value is -2.21. The molecule has 6 nitrogen and oxygen atoms in total. The number of hydrogen-bond acceptors (Lipinski definition) is 6. The van der Waals surface area contributed by atoms with Crippen molar-refractivity contribution in [1.82, 2.24) is 19.9 Å². The lowest BCUT2D eigenvalue weighted by atomic mass is 10.0. The Morgan fingerprint density at radius 1 is 0.708 bits per heavy atom. The molecule has 0 radical (unpaired) electrons. The van der Waals surface area contributed by atoms with Crippen molar-refractivity contribution in [3.63, 3.8) is 0 Å². The van der Waals surface area contributed by atoms with Crippen LogP contribution >= 0.6 is 0 Å². The molecule has 2 aromatic rings. The molecule has 0 saturated carbocycles. The Balaban J connectivity index is 1.28. The minimum absolute atomic E-state index is 0.691. The van der Waals surface area contributed by atoms with Crippen LogP contribution in [0.2, 0.25) is 0 Å². The Morgan fingerprint density at radius 2 is 1.42 bits per heavy atom. The first kappa shape index (κ1) is 15.3. The Kier molecular flexibility index (Phi) is 4.55. The van der Waals surface area contributed by atoms with Gasteiger partial charge in [0.15, 0.2) is 0 Å². The molecule has 0 spiro atoms. The predicted octanol–water partition coefficient (Wildman–Crippen LogP) is 1.66. The van der Waals surface area contributed by atoms with Gasteiger partial charge in [0.2, 0.25) is 5.95 Å². The van der Waals surface area contributed by atoms with Crippen LogP contribution < -0.4 is 9.80 Å². The van der Waals surface area contributed by atoms with Gasteiger partial charge in [-0.1, -0.05) is 6.07 Å². The van der Waals surface area contributed by atoms with Gasteiger partial charge in [-0.25, -0.2) is 15.0 Å². The highest BCUT2D eigenvalue weighted by Gasteiger charge is 2.28. The van der Waals surface area contributed by atoms with E-state index in [2.05, 4.69) is 41.8 Å². The summed E-state index contributed by atoms with van der Waals surface area (Å²) in [6.45, 7) is 6.49. The van der Waals surface area contributed by atoms with E-state index in [4.69, 9.17) is 0 Å². The summed E-state index contributed by atoms with van der Waals surface area (Å²) in [6, 6.07) is 8.71. The molecular weight excluding hydrogens is 300 g/mol. The molecule has 0 amide bonds. The Morgan fingerprint density at radius 3 is 2.08 bits per heavy atom. The second-order valence-electron chi connectivity index (χ2n) is 6.48. The third-order valence-corrected chi connectivity index (χ3v) is 5.10. The van der Waals surface area contributed by atoms with E-state index in [0.29, 0.717) is 6.04 Å². The molecule has 4 heterocycles. The smallest absolute Gasteiger partial charge is 0.225 e. The van der Waals surface area contributed by atoms with Gasteiger partial charge in [0.25, 0.3) is 0 Å². The van der Waals surface area contributed by atoms with Crippen molar-refractivity contribution in [2.24, 2.45) is 0 Å². The van der Waals surface area contributed by atoms with E-state index in [9.17, 15) is 0 Å². The van der Waals surface area contributed by atoms with Gasteiger partial charge in [-0.05, 0) is 31.0 Å². The van der Waals surface area contributed by atoms with E-state index in [-0.39, 0.29) is 0 Å². The van der Waals surface area contributed by atoms with Crippen molar-refractivity contribution in [3.8, 4) is 0 Å². The van der Waals surface area contributed by atoms with Crippen molar-refractivity contribution in [2.45, 2.75) is 18.9 Å². The zero-order valence-electron chi connectivity index (χ0n) is 14.0. The summed E-state index contributed by atoms with van der Waals surface area (Å²) in [5, 5.41) is 0. The number of piperidine rings is 1. The van der Waals surface area contributed by atoms with E-state index < -0.39 is 0 Å². The fourth-order valence-corrected chi connectivity index (χ4v) is 3.74. The second kappa shape index (κ2) is 7.13. The van der Waals surface area contributed by atoms with E-state index >= 15 is 0 Å². The Bertz CT molecular complexity index is 561. The summed E-state index contributed by atoms with van der Waals surface area (Å²) in [5.41, 5.74) is 0. The van der Waals surface area contributed by atoms with Crippen LogP contribution in [0, 0.1) is 0 Å². The first-order valence-electron chi connectivity index (χ1n) is 8.82. The molecule has 6 heteroatoms. The number of nitrogens with zero attached hydrogens (tertiary/aromatic N) is 6. The lowest BCUT2D eigenvalue weighted by Gasteiger charge is -2.43. The second-order valence-corrected chi connectivity index (χ2v) is 6.48. The molecule has 2 saturated heterocycles. The highest BCUT2D eigenvalue weighted by atomic mass is 15.3. The van der Waals surface area contributed by atoms with E-state index in [0.717, 1.165) is 51.0 Å². The van der Waals surface area contributed by atoms with Crippen LogP contribution in [-0.2, 0) is 0 Å². The molecule has 2 fully saturated rings. The standard InChI is InChI=1S/C18H24N6/c1-2-7-19-17(4-1)23-14-12-22(13-15-23)16-5-10-24(11-6-16)18-20-8-3-9-21-18/h1-4,7-9,16H,5-6,10-15H2. The van der Waals surface area contributed by atoms with Crippen LogP contribution in [0.3, 0.4) is 0 Å². The van der Waals surface area contributed by atoms with Crippen LogP contribution in [0.4, 0.5) is 11.8 Å². The molecule has 0 aliphatic carbocycles. The van der Waals surface area contributed by atoms with Gasteiger partial charge >= 0.3 is 0 Å². The molecular formula is C18H24N6. The first-order valence-corrected chi connectivity index (χ1v) is 8.82. The molecule has 4 rings (SSSR count). The quantitative estimate of drug-likeness (QED) is 0.856. The van der Waals surface area contributed by atoms with Crippen LogP contribution in [-0.4, -0.2) is 65.2 Å². The average Bonchev–Trinajstić information content (AvgIpc) is 2.70. The van der Waals surface area contributed by atoms with Crippen LogP contribution in [0.25, 0.3) is 0 Å². The van der Waals surface area contributed by atoms with Gasteiger partial charge in [0, 0.05) is 63.9 Å². The van der Waals surface area contributed by atoms with Gasteiger partial charge in [0.1, 0.15) is 5.82 Å². The minimum atomic E-state index is 0.691. The molecule has 2 aliphatic heterocycles. The van der Waals surface area contributed by atoms with Crippen molar-refractivity contribution >= 4 is 11.8 Å². The maximum absolute atomic E-state index is 4.47. The largest absolute Gasteiger partial charge is 0.354 e. The number of piperazine rings is 1. The molecule has 126 valence electrons. The van der Waals surface area contributed by atoms with E-state index in [1.165, 1.54) is 12.8 Å². The highest BCUT2D eigenvalue weighted by molar-refractivity contribution is 5.38. The molecule has 24 heavy (non-hydrogen) atoms. The molecule has 2 aromatic heterocycles. The Labute approximate surface area is 143 Å². The van der Waals surface area contributed by atoms with Gasteiger partial charge in [-0.3, -0.25) is 4.90 Å². The van der Waals surface area contributed by atoms with Gasteiger partial charge in [-0.2, -0.15) is 0 Å². The zero-order valence-corrected chi connectivity index (χ0v) is 14.0.